The Hall–Kier alpha value is -2.24. The Bertz CT molecular complexity index is 504. The molecule has 0 spiro atoms. The molecule has 2 amide bonds. The van der Waals surface area contributed by atoms with Crippen molar-refractivity contribution in [1.29, 1.82) is 0 Å². The molecule has 0 unspecified atom stereocenters. The Kier molecular flexibility index (Phi) is 4.12. The van der Waals surface area contributed by atoms with E-state index in [0.717, 1.165) is 31.7 Å². The van der Waals surface area contributed by atoms with Crippen molar-refractivity contribution in [2.45, 2.75) is 31.7 Å². The number of carbonyl (C=O) groups is 2. The van der Waals surface area contributed by atoms with Gasteiger partial charge in [-0.3, -0.25) is 9.59 Å². The van der Waals surface area contributed by atoms with E-state index in [4.69, 9.17) is 5.73 Å². The van der Waals surface area contributed by atoms with Gasteiger partial charge in [-0.1, -0.05) is 12.8 Å². The van der Waals surface area contributed by atoms with Crippen molar-refractivity contribution in [2.75, 3.05) is 6.54 Å². The van der Waals surface area contributed by atoms with Crippen molar-refractivity contribution in [3.63, 3.8) is 0 Å². The number of nitrogens with zero attached hydrogens (tertiary/aromatic N) is 1. The highest BCUT2D eigenvalue weighted by atomic mass is 16.3. The Morgan fingerprint density at radius 1 is 1.15 bits per heavy atom. The fourth-order valence-electron chi connectivity index (χ4n) is 2.64. The van der Waals surface area contributed by atoms with Crippen molar-refractivity contribution in [3.8, 4) is 11.5 Å². The van der Waals surface area contributed by atoms with Crippen molar-refractivity contribution in [2.24, 2.45) is 5.73 Å². The molecule has 0 radical (unpaired) electrons. The molecule has 0 aromatic heterocycles. The van der Waals surface area contributed by atoms with Gasteiger partial charge in [-0.15, -0.1) is 0 Å². The minimum Gasteiger partial charge on any atom is -0.508 e. The number of phenolic OH excluding ortho intramolecular Hbond substituents is 2. The maximum atomic E-state index is 12.5. The SMILES string of the molecule is NC(=O)CN(C(=O)c1cc(O)cc(O)c1)C1CCCC1. The number of phenols is 2. The van der Waals surface area contributed by atoms with Gasteiger partial charge in [-0.05, 0) is 25.0 Å². The molecule has 0 bridgehead atoms. The molecule has 0 saturated heterocycles. The molecule has 6 heteroatoms. The lowest BCUT2D eigenvalue weighted by atomic mass is 10.1. The quantitative estimate of drug-likeness (QED) is 0.763. The number of rotatable bonds is 4. The molecule has 1 aliphatic carbocycles. The molecular weight excluding hydrogens is 260 g/mol. The molecule has 2 rings (SSSR count). The molecule has 6 nitrogen and oxygen atoms in total. The van der Waals surface area contributed by atoms with Crippen LogP contribution in [0.5, 0.6) is 11.5 Å². The second kappa shape index (κ2) is 5.81. The van der Waals surface area contributed by atoms with Crippen molar-refractivity contribution >= 4 is 11.8 Å². The largest absolute Gasteiger partial charge is 0.508 e. The van der Waals surface area contributed by atoms with Gasteiger partial charge < -0.3 is 20.8 Å². The molecule has 0 heterocycles. The maximum absolute atomic E-state index is 12.5. The Morgan fingerprint density at radius 2 is 1.70 bits per heavy atom. The van der Waals surface area contributed by atoms with Crippen LogP contribution >= 0.6 is 0 Å². The second-order valence-corrected chi connectivity index (χ2v) is 5.08. The molecule has 108 valence electrons. The van der Waals surface area contributed by atoms with Crippen LogP contribution in [0.25, 0.3) is 0 Å². The van der Waals surface area contributed by atoms with Crippen LogP contribution in [-0.2, 0) is 4.79 Å². The van der Waals surface area contributed by atoms with Gasteiger partial charge in [-0.25, -0.2) is 0 Å². The smallest absolute Gasteiger partial charge is 0.254 e. The number of amides is 2. The fraction of sp³-hybridized carbons (Fsp3) is 0.429. The first-order valence-electron chi connectivity index (χ1n) is 6.59. The summed E-state index contributed by atoms with van der Waals surface area (Å²) in [5, 5.41) is 18.9. The third kappa shape index (κ3) is 3.20. The summed E-state index contributed by atoms with van der Waals surface area (Å²) in [5.41, 5.74) is 5.35. The molecule has 4 N–H and O–H groups in total. The Balaban J connectivity index is 2.26. The number of benzene rings is 1. The summed E-state index contributed by atoms with van der Waals surface area (Å²) in [6.45, 7) is -0.153. The lowest BCUT2D eigenvalue weighted by Crippen LogP contribution is -2.44. The van der Waals surface area contributed by atoms with Crippen LogP contribution in [0, 0.1) is 0 Å². The average molecular weight is 278 g/mol. The highest BCUT2D eigenvalue weighted by Gasteiger charge is 2.28. The van der Waals surface area contributed by atoms with E-state index in [-0.39, 0.29) is 29.6 Å². The first-order valence-corrected chi connectivity index (χ1v) is 6.59. The van der Waals surface area contributed by atoms with Gasteiger partial charge in [0.2, 0.25) is 5.91 Å². The highest BCUT2D eigenvalue weighted by Crippen LogP contribution is 2.27. The van der Waals surface area contributed by atoms with Crippen LogP contribution in [0.2, 0.25) is 0 Å². The van der Waals surface area contributed by atoms with Crippen molar-refractivity contribution in [3.05, 3.63) is 23.8 Å². The summed E-state index contributed by atoms with van der Waals surface area (Å²) in [5.74, 6) is -1.37. The summed E-state index contributed by atoms with van der Waals surface area (Å²) in [7, 11) is 0. The zero-order chi connectivity index (χ0) is 14.7. The first-order chi connectivity index (χ1) is 9.47. The monoisotopic (exact) mass is 278 g/mol. The van der Waals surface area contributed by atoms with E-state index < -0.39 is 11.8 Å². The lowest BCUT2D eigenvalue weighted by Gasteiger charge is -2.28. The van der Waals surface area contributed by atoms with E-state index >= 15 is 0 Å². The summed E-state index contributed by atoms with van der Waals surface area (Å²) in [4.78, 5) is 25.1. The first kappa shape index (κ1) is 14.2. The van der Waals surface area contributed by atoms with Crippen molar-refractivity contribution in [1.82, 2.24) is 4.90 Å². The van der Waals surface area contributed by atoms with Gasteiger partial charge in [-0.2, -0.15) is 0 Å². The Morgan fingerprint density at radius 3 is 2.20 bits per heavy atom. The molecule has 1 fully saturated rings. The van der Waals surface area contributed by atoms with E-state index in [0.29, 0.717) is 0 Å². The molecule has 1 saturated carbocycles. The van der Waals surface area contributed by atoms with Crippen LogP contribution in [0.3, 0.4) is 0 Å². The van der Waals surface area contributed by atoms with Gasteiger partial charge in [0.05, 0.1) is 6.54 Å². The van der Waals surface area contributed by atoms with Crippen LogP contribution in [-0.4, -0.2) is 39.5 Å². The highest BCUT2D eigenvalue weighted by molar-refractivity contribution is 5.97. The molecule has 1 aliphatic rings. The minimum atomic E-state index is -0.574. The summed E-state index contributed by atoms with van der Waals surface area (Å²) in [6, 6.07) is 3.67. The number of nitrogens with two attached hydrogens (primary N) is 1. The number of carbonyl (C=O) groups excluding carboxylic acids is 2. The van der Waals surface area contributed by atoms with E-state index in [1.807, 2.05) is 0 Å². The molecular formula is C14H18N2O4. The van der Waals surface area contributed by atoms with E-state index in [1.54, 1.807) is 0 Å². The zero-order valence-corrected chi connectivity index (χ0v) is 11.1. The Labute approximate surface area is 116 Å². The second-order valence-electron chi connectivity index (χ2n) is 5.08. The van der Waals surface area contributed by atoms with E-state index in [2.05, 4.69) is 0 Å². The maximum Gasteiger partial charge on any atom is 0.254 e. The van der Waals surface area contributed by atoms with Gasteiger partial charge in [0.15, 0.2) is 0 Å². The van der Waals surface area contributed by atoms with Crippen LogP contribution in [0.15, 0.2) is 18.2 Å². The normalized spacial score (nSPS) is 15.2. The number of hydrogen-bond donors (Lipinski definition) is 3. The van der Waals surface area contributed by atoms with Crippen LogP contribution in [0.1, 0.15) is 36.0 Å². The van der Waals surface area contributed by atoms with Crippen LogP contribution in [0.4, 0.5) is 0 Å². The summed E-state index contributed by atoms with van der Waals surface area (Å²) < 4.78 is 0. The van der Waals surface area contributed by atoms with Gasteiger partial charge in [0, 0.05) is 17.7 Å². The van der Waals surface area contributed by atoms with Gasteiger partial charge in [0.25, 0.3) is 5.91 Å². The standard InChI is InChI=1S/C14H18N2O4/c15-13(19)8-16(10-3-1-2-4-10)14(20)9-5-11(17)7-12(18)6-9/h5-7,10,17-18H,1-4,8H2,(H2,15,19). The third-order valence-corrected chi connectivity index (χ3v) is 3.50. The zero-order valence-electron chi connectivity index (χ0n) is 11.1. The predicted octanol–water partition coefficient (Wildman–Crippen LogP) is 0.968. The molecule has 1 aromatic rings. The fourth-order valence-corrected chi connectivity index (χ4v) is 2.64. The lowest BCUT2D eigenvalue weighted by molar-refractivity contribution is -0.119. The predicted molar refractivity (Wildman–Crippen MR) is 72.3 cm³/mol. The van der Waals surface area contributed by atoms with E-state index in [9.17, 15) is 19.8 Å². The molecule has 0 aliphatic heterocycles. The average Bonchev–Trinajstić information content (AvgIpc) is 2.87. The summed E-state index contributed by atoms with van der Waals surface area (Å²) >= 11 is 0. The minimum absolute atomic E-state index is 0.0144. The molecule has 0 atom stereocenters. The van der Waals surface area contributed by atoms with Gasteiger partial charge in [0.1, 0.15) is 11.5 Å². The van der Waals surface area contributed by atoms with E-state index in [1.165, 1.54) is 17.0 Å². The van der Waals surface area contributed by atoms with Crippen molar-refractivity contribution < 1.29 is 19.8 Å². The number of aromatic hydroxyl groups is 2. The summed E-state index contributed by atoms with van der Waals surface area (Å²) in [6.07, 6.45) is 3.70. The van der Waals surface area contributed by atoms with Crippen LogP contribution < -0.4 is 5.73 Å². The number of primary amides is 1. The van der Waals surface area contributed by atoms with Gasteiger partial charge >= 0.3 is 0 Å². The molecule has 20 heavy (non-hydrogen) atoms. The molecule has 1 aromatic carbocycles. The third-order valence-electron chi connectivity index (χ3n) is 3.50. The topological polar surface area (TPSA) is 104 Å². The number of hydrogen-bond acceptors (Lipinski definition) is 4.